The van der Waals surface area contributed by atoms with Crippen molar-refractivity contribution in [2.75, 3.05) is 0 Å². The van der Waals surface area contributed by atoms with Crippen LogP contribution in [0.25, 0.3) is 0 Å². The molecule has 0 heterocycles. The monoisotopic (exact) mass is 372 g/mol. The number of alkyl halides is 2. The van der Waals surface area contributed by atoms with Gasteiger partial charge in [-0.15, -0.1) is 0 Å². The van der Waals surface area contributed by atoms with E-state index in [-0.39, 0.29) is 36.3 Å². The van der Waals surface area contributed by atoms with E-state index in [1.807, 2.05) is 0 Å². The minimum atomic E-state index is -3.03. The van der Waals surface area contributed by atoms with Crippen molar-refractivity contribution in [2.45, 2.75) is 52.6 Å². The van der Waals surface area contributed by atoms with E-state index in [0.717, 1.165) is 0 Å². The van der Waals surface area contributed by atoms with Gasteiger partial charge in [0, 0.05) is 35.8 Å². The lowest BCUT2D eigenvalue weighted by Gasteiger charge is -2.27. The molecular formula is C18H19ClF2O4. The van der Waals surface area contributed by atoms with E-state index in [1.165, 1.54) is 6.07 Å². The SMILES string of the molecule is CCC(=O)C1=C(O)CC(c2c(OC(F)F)cc(C)c(Cl)c2C)CC1=O. The fourth-order valence-corrected chi connectivity index (χ4v) is 3.39. The van der Waals surface area contributed by atoms with Gasteiger partial charge >= 0.3 is 6.61 Å². The molecule has 1 N–H and O–H groups in total. The van der Waals surface area contributed by atoms with Crippen molar-refractivity contribution >= 4 is 23.2 Å². The molecule has 4 nitrogen and oxygen atoms in total. The predicted molar refractivity (Wildman–Crippen MR) is 89.5 cm³/mol. The summed E-state index contributed by atoms with van der Waals surface area (Å²) in [6.07, 6.45) is 0.0164. The van der Waals surface area contributed by atoms with Crippen molar-refractivity contribution in [3.63, 3.8) is 0 Å². The van der Waals surface area contributed by atoms with E-state index in [4.69, 9.17) is 11.6 Å². The third-order valence-corrected chi connectivity index (χ3v) is 4.94. The highest BCUT2D eigenvalue weighted by atomic mass is 35.5. The van der Waals surface area contributed by atoms with Crippen LogP contribution in [0.15, 0.2) is 17.4 Å². The first kappa shape index (κ1) is 19.4. The molecule has 0 aliphatic heterocycles. The third-order valence-electron chi connectivity index (χ3n) is 4.36. The van der Waals surface area contributed by atoms with Crippen molar-refractivity contribution in [3.8, 4) is 5.75 Å². The minimum Gasteiger partial charge on any atom is -0.511 e. The number of carbonyl (C=O) groups is 2. The molecule has 1 unspecified atom stereocenters. The fourth-order valence-electron chi connectivity index (χ4n) is 3.23. The van der Waals surface area contributed by atoms with Gasteiger partial charge in [0.05, 0.1) is 5.57 Å². The van der Waals surface area contributed by atoms with Gasteiger partial charge in [0.15, 0.2) is 11.6 Å². The number of aryl methyl sites for hydroxylation is 1. The van der Waals surface area contributed by atoms with Gasteiger partial charge in [0.25, 0.3) is 0 Å². The molecule has 0 saturated heterocycles. The normalized spacial score (nSPS) is 18.0. The number of aliphatic hydroxyl groups is 1. The average Bonchev–Trinajstić information content (AvgIpc) is 2.51. The van der Waals surface area contributed by atoms with Gasteiger partial charge in [-0.2, -0.15) is 8.78 Å². The number of carbonyl (C=O) groups excluding carboxylic acids is 2. The highest BCUT2D eigenvalue weighted by Crippen LogP contribution is 2.43. The van der Waals surface area contributed by atoms with Crippen LogP contribution in [0.4, 0.5) is 8.78 Å². The highest BCUT2D eigenvalue weighted by molar-refractivity contribution is 6.32. The third kappa shape index (κ3) is 3.84. The molecule has 7 heteroatoms. The molecule has 25 heavy (non-hydrogen) atoms. The molecule has 1 aromatic rings. The van der Waals surface area contributed by atoms with Crippen LogP contribution in [0.2, 0.25) is 5.02 Å². The van der Waals surface area contributed by atoms with Gasteiger partial charge in [0.2, 0.25) is 0 Å². The molecule has 2 rings (SSSR count). The van der Waals surface area contributed by atoms with Gasteiger partial charge in [-0.25, -0.2) is 0 Å². The van der Waals surface area contributed by atoms with Crippen molar-refractivity contribution in [3.05, 3.63) is 39.1 Å². The summed E-state index contributed by atoms with van der Waals surface area (Å²) in [5.41, 5.74) is 1.26. The Balaban J connectivity index is 2.53. The van der Waals surface area contributed by atoms with Crippen LogP contribution in [0, 0.1) is 13.8 Å². The molecule has 1 aliphatic rings. The topological polar surface area (TPSA) is 63.6 Å². The number of rotatable bonds is 5. The maximum absolute atomic E-state index is 12.8. The molecule has 0 radical (unpaired) electrons. The summed E-state index contributed by atoms with van der Waals surface area (Å²) in [6, 6.07) is 1.40. The Labute approximate surface area is 149 Å². The van der Waals surface area contributed by atoms with Crippen LogP contribution < -0.4 is 4.74 Å². The Kier molecular flexibility index (Phi) is 5.83. The molecule has 0 spiro atoms. The van der Waals surface area contributed by atoms with Crippen molar-refractivity contribution in [1.29, 1.82) is 0 Å². The summed E-state index contributed by atoms with van der Waals surface area (Å²) in [5, 5.41) is 10.6. The smallest absolute Gasteiger partial charge is 0.387 e. The highest BCUT2D eigenvalue weighted by Gasteiger charge is 2.34. The number of ketones is 2. The molecule has 1 aliphatic carbocycles. The van der Waals surface area contributed by atoms with Gasteiger partial charge in [0.1, 0.15) is 11.5 Å². The zero-order chi connectivity index (χ0) is 18.9. The summed E-state index contributed by atoms with van der Waals surface area (Å²) in [5.74, 6) is -1.89. The van der Waals surface area contributed by atoms with Crippen LogP contribution in [-0.2, 0) is 9.59 Å². The maximum atomic E-state index is 12.8. The van der Waals surface area contributed by atoms with E-state index in [1.54, 1.807) is 20.8 Å². The van der Waals surface area contributed by atoms with Gasteiger partial charge < -0.3 is 9.84 Å². The van der Waals surface area contributed by atoms with Crippen molar-refractivity contribution in [1.82, 2.24) is 0 Å². The Bertz CT molecular complexity index is 756. The second kappa shape index (κ2) is 7.52. The van der Waals surface area contributed by atoms with Gasteiger partial charge in [-0.3, -0.25) is 9.59 Å². The van der Waals surface area contributed by atoms with Crippen molar-refractivity contribution < 1.29 is 28.2 Å². The summed E-state index contributed by atoms with van der Waals surface area (Å²) in [7, 11) is 0. The molecule has 0 bridgehead atoms. The number of allylic oxidation sites excluding steroid dienone is 2. The summed E-state index contributed by atoms with van der Waals surface area (Å²) in [6.45, 7) is 1.89. The minimum absolute atomic E-state index is 0.00730. The Morgan fingerprint density at radius 3 is 2.56 bits per heavy atom. The summed E-state index contributed by atoms with van der Waals surface area (Å²) >= 11 is 6.23. The molecule has 136 valence electrons. The van der Waals surface area contributed by atoms with Gasteiger partial charge in [-0.1, -0.05) is 18.5 Å². The van der Waals surface area contributed by atoms with Crippen LogP contribution in [-0.4, -0.2) is 23.3 Å². The number of aliphatic hydroxyl groups excluding tert-OH is 1. The van der Waals surface area contributed by atoms with E-state index in [2.05, 4.69) is 4.74 Å². The molecular weight excluding hydrogens is 354 g/mol. The molecule has 1 aromatic carbocycles. The van der Waals surface area contributed by atoms with E-state index >= 15 is 0 Å². The standard InChI is InChI=1S/C18H19ClF2O4/c1-4-11(22)16-12(23)6-10(7-13(16)24)15-9(3)17(19)8(2)5-14(15)25-18(20)21/h5,10,18,23H,4,6-7H2,1-3H3. The lowest BCUT2D eigenvalue weighted by Crippen LogP contribution is -2.24. The molecule has 0 fully saturated rings. The number of hydrogen-bond acceptors (Lipinski definition) is 4. The quantitative estimate of drug-likeness (QED) is 0.754. The number of ether oxygens (including phenoxy) is 1. The zero-order valence-corrected chi connectivity index (χ0v) is 14.9. The first-order valence-corrected chi connectivity index (χ1v) is 8.28. The largest absolute Gasteiger partial charge is 0.511 e. The van der Waals surface area contributed by atoms with E-state index < -0.39 is 24.1 Å². The summed E-state index contributed by atoms with van der Waals surface area (Å²) < 4.78 is 30.2. The van der Waals surface area contributed by atoms with Crippen molar-refractivity contribution in [2.24, 2.45) is 0 Å². The van der Waals surface area contributed by atoms with Crippen LogP contribution in [0.1, 0.15) is 48.8 Å². The second-order valence-electron chi connectivity index (χ2n) is 6.05. The molecule has 0 amide bonds. The van der Waals surface area contributed by atoms with Crippen LogP contribution in [0.5, 0.6) is 5.75 Å². The lowest BCUT2D eigenvalue weighted by molar-refractivity contribution is -0.122. The maximum Gasteiger partial charge on any atom is 0.387 e. The lowest BCUT2D eigenvalue weighted by atomic mass is 9.79. The first-order valence-electron chi connectivity index (χ1n) is 7.90. The number of halogens is 3. The van der Waals surface area contributed by atoms with Crippen LogP contribution in [0.3, 0.4) is 0 Å². The fraction of sp³-hybridized carbons (Fsp3) is 0.444. The van der Waals surface area contributed by atoms with Crippen LogP contribution >= 0.6 is 11.6 Å². The number of Topliss-reactive ketones (excluding diaryl/α,β-unsaturated/α-hetero) is 2. The van der Waals surface area contributed by atoms with Gasteiger partial charge in [-0.05, 0) is 31.0 Å². The Hall–Kier alpha value is -1.95. The number of hydrogen-bond donors (Lipinski definition) is 1. The average molecular weight is 373 g/mol. The molecule has 0 aromatic heterocycles. The molecule has 1 atom stereocenters. The zero-order valence-electron chi connectivity index (χ0n) is 14.2. The van der Waals surface area contributed by atoms with E-state index in [0.29, 0.717) is 21.7 Å². The Morgan fingerprint density at radius 1 is 1.40 bits per heavy atom. The molecule has 0 saturated carbocycles. The first-order chi connectivity index (χ1) is 11.7. The second-order valence-corrected chi connectivity index (χ2v) is 6.43. The summed E-state index contributed by atoms with van der Waals surface area (Å²) in [4.78, 5) is 24.2. The predicted octanol–water partition coefficient (Wildman–Crippen LogP) is 4.80. The van der Waals surface area contributed by atoms with E-state index in [9.17, 15) is 23.5 Å². The number of benzene rings is 1. The Morgan fingerprint density at radius 2 is 2.04 bits per heavy atom.